The number of rotatable bonds is 4. The van der Waals surface area contributed by atoms with Gasteiger partial charge in [0.05, 0.1) is 6.04 Å². The van der Waals surface area contributed by atoms with E-state index < -0.39 is 0 Å². The van der Waals surface area contributed by atoms with Crippen LogP contribution in [0.1, 0.15) is 51.5 Å². The molecule has 1 heterocycles. The maximum absolute atomic E-state index is 4.42. The minimum absolute atomic E-state index is 0.375. The van der Waals surface area contributed by atoms with Gasteiger partial charge >= 0.3 is 0 Å². The van der Waals surface area contributed by atoms with Gasteiger partial charge in [-0.05, 0) is 33.6 Å². The van der Waals surface area contributed by atoms with Crippen molar-refractivity contribution in [1.29, 1.82) is 0 Å². The first-order valence-electron chi connectivity index (χ1n) is 5.47. The number of hydrogen-bond acceptors (Lipinski definition) is 2. The Morgan fingerprint density at radius 3 is 2.71 bits per heavy atom. The first-order valence-corrected chi connectivity index (χ1v) is 5.47. The zero-order valence-corrected chi connectivity index (χ0v) is 9.20. The highest BCUT2D eigenvalue weighted by Gasteiger charge is 2.25. The van der Waals surface area contributed by atoms with Crippen molar-refractivity contribution in [2.45, 2.75) is 51.7 Å². The molecule has 78 valence electrons. The minimum atomic E-state index is 0.375. The van der Waals surface area contributed by atoms with Crippen molar-refractivity contribution < 1.29 is 0 Å². The van der Waals surface area contributed by atoms with Crippen molar-refractivity contribution in [3.63, 3.8) is 0 Å². The lowest BCUT2D eigenvalue weighted by molar-refractivity contribution is 0.482. The number of imidazole rings is 1. The summed E-state index contributed by atoms with van der Waals surface area (Å²) in [6.45, 7) is 6.57. The third-order valence-electron chi connectivity index (χ3n) is 2.71. The van der Waals surface area contributed by atoms with Crippen LogP contribution in [-0.2, 0) is 0 Å². The summed E-state index contributed by atoms with van der Waals surface area (Å²) in [6.07, 6.45) is 6.60. The molecule has 3 heteroatoms. The molecule has 0 bridgehead atoms. The van der Waals surface area contributed by atoms with E-state index in [0.717, 1.165) is 11.9 Å². The van der Waals surface area contributed by atoms with E-state index in [1.165, 1.54) is 12.8 Å². The highest BCUT2D eigenvalue weighted by atomic mass is 15.1. The van der Waals surface area contributed by atoms with Crippen LogP contribution in [0.3, 0.4) is 0 Å². The zero-order valence-electron chi connectivity index (χ0n) is 9.20. The first kappa shape index (κ1) is 9.71. The van der Waals surface area contributed by atoms with Crippen LogP contribution in [0.25, 0.3) is 0 Å². The van der Waals surface area contributed by atoms with Gasteiger partial charge in [-0.25, -0.2) is 4.98 Å². The van der Waals surface area contributed by atoms with Crippen LogP contribution in [0.5, 0.6) is 0 Å². The van der Waals surface area contributed by atoms with E-state index in [1.54, 1.807) is 0 Å². The molecule has 3 nitrogen and oxygen atoms in total. The molecule has 0 radical (unpaired) electrons. The molecule has 0 saturated heterocycles. The number of nitrogens with zero attached hydrogens (tertiary/aromatic N) is 2. The highest BCUT2D eigenvalue weighted by Crippen LogP contribution is 2.24. The van der Waals surface area contributed by atoms with E-state index in [2.05, 4.69) is 41.8 Å². The first-order chi connectivity index (χ1) is 6.68. The van der Waals surface area contributed by atoms with Crippen LogP contribution in [0.15, 0.2) is 12.4 Å². The van der Waals surface area contributed by atoms with Crippen molar-refractivity contribution in [3.8, 4) is 0 Å². The van der Waals surface area contributed by atoms with Gasteiger partial charge in [-0.2, -0.15) is 0 Å². The second-order valence-corrected chi connectivity index (χ2v) is 4.45. The zero-order chi connectivity index (χ0) is 10.1. The molecule has 1 aliphatic rings. The van der Waals surface area contributed by atoms with Crippen LogP contribution >= 0.6 is 0 Å². The van der Waals surface area contributed by atoms with Crippen molar-refractivity contribution >= 4 is 0 Å². The van der Waals surface area contributed by atoms with Gasteiger partial charge < -0.3 is 9.88 Å². The summed E-state index contributed by atoms with van der Waals surface area (Å²) in [7, 11) is 0. The van der Waals surface area contributed by atoms with E-state index in [4.69, 9.17) is 0 Å². The average molecular weight is 193 g/mol. The Kier molecular flexibility index (Phi) is 2.59. The minimum Gasteiger partial charge on any atom is -0.331 e. The molecule has 1 aromatic heterocycles. The maximum Gasteiger partial charge on any atom is 0.125 e. The van der Waals surface area contributed by atoms with Gasteiger partial charge in [-0.15, -0.1) is 0 Å². The van der Waals surface area contributed by atoms with Gasteiger partial charge in [0.25, 0.3) is 0 Å². The number of aromatic nitrogens is 2. The largest absolute Gasteiger partial charge is 0.331 e. The molecule has 1 atom stereocenters. The summed E-state index contributed by atoms with van der Waals surface area (Å²) in [5.74, 6) is 1.16. The molecule has 14 heavy (non-hydrogen) atoms. The van der Waals surface area contributed by atoms with Crippen LogP contribution in [0.2, 0.25) is 0 Å². The van der Waals surface area contributed by atoms with E-state index in [1.807, 2.05) is 6.20 Å². The van der Waals surface area contributed by atoms with Gasteiger partial charge in [0, 0.05) is 24.5 Å². The summed E-state index contributed by atoms with van der Waals surface area (Å²) >= 11 is 0. The van der Waals surface area contributed by atoms with Crippen LogP contribution in [-0.4, -0.2) is 15.6 Å². The summed E-state index contributed by atoms with van der Waals surface area (Å²) in [6, 6.07) is 1.61. The molecule has 0 aliphatic heterocycles. The summed E-state index contributed by atoms with van der Waals surface area (Å²) < 4.78 is 2.24. The van der Waals surface area contributed by atoms with Crippen molar-refractivity contribution in [1.82, 2.24) is 14.9 Å². The monoisotopic (exact) mass is 193 g/mol. The third kappa shape index (κ3) is 1.98. The number of hydrogen-bond donors (Lipinski definition) is 1. The standard InChI is InChI=1S/C11H19N3/c1-8(2)14-7-6-12-11(14)9(3)13-10-4-5-10/h6-10,13H,4-5H2,1-3H3/t9-/m1/s1. The lowest BCUT2D eigenvalue weighted by atomic mass is 10.3. The Hall–Kier alpha value is -0.830. The van der Waals surface area contributed by atoms with Gasteiger partial charge in [-0.3, -0.25) is 0 Å². The Morgan fingerprint density at radius 1 is 1.43 bits per heavy atom. The van der Waals surface area contributed by atoms with Gasteiger partial charge in [0.15, 0.2) is 0 Å². The molecule has 0 unspecified atom stereocenters. The van der Waals surface area contributed by atoms with Crippen LogP contribution < -0.4 is 5.32 Å². The summed E-state index contributed by atoms with van der Waals surface area (Å²) in [4.78, 5) is 4.42. The predicted octanol–water partition coefficient (Wildman–Crippen LogP) is 2.28. The van der Waals surface area contributed by atoms with Crippen molar-refractivity contribution in [2.24, 2.45) is 0 Å². The summed E-state index contributed by atoms with van der Waals surface area (Å²) in [5.41, 5.74) is 0. The molecule has 1 fully saturated rings. The lowest BCUT2D eigenvalue weighted by Gasteiger charge is -2.17. The molecule has 1 saturated carbocycles. The predicted molar refractivity (Wildman–Crippen MR) is 57.2 cm³/mol. The third-order valence-corrected chi connectivity index (χ3v) is 2.71. The van der Waals surface area contributed by atoms with Crippen LogP contribution in [0.4, 0.5) is 0 Å². The van der Waals surface area contributed by atoms with Gasteiger partial charge in [0.1, 0.15) is 5.82 Å². The van der Waals surface area contributed by atoms with Crippen LogP contribution in [0, 0.1) is 0 Å². The normalized spacial score (nSPS) is 18.9. The fraction of sp³-hybridized carbons (Fsp3) is 0.727. The second kappa shape index (κ2) is 3.73. The van der Waals surface area contributed by atoms with Crippen molar-refractivity contribution in [2.75, 3.05) is 0 Å². The maximum atomic E-state index is 4.42. The van der Waals surface area contributed by atoms with Crippen molar-refractivity contribution in [3.05, 3.63) is 18.2 Å². The Bertz CT molecular complexity index is 299. The molecular weight excluding hydrogens is 174 g/mol. The quantitative estimate of drug-likeness (QED) is 0.795. The van der Waals surface area contributed by atoms with Gasteiger partial charge in [-0.1, -0.05) is 0 Å². The molecule has 1 N–H and O–H groups in total. The van der Waals surface area contributed by atoms with E-state index in [9.17, 15) is 0 Å². The molecule has 1 aliphatic carbocycles. The lowest BCUT2D eigenvalue weighted by Crippen LogP contribution is -2.24. The smallest absolute Gasteiger partial charge is 0.125 e. The molecule has 0 amide bonds. The SMILES string of the molecule is CC(C)n1ccnc1[C@@H](C)NC1CC1. The van der Waals surface area contributed by atoms with Gasteiger partial charge in [0.2, 0.25) is 0 Å². The van der Waals surface area contributed by atoms with E-state index in [-0.39, 0.29) is 0 Å². The Balaban J connectivity index is 2.08. The van der Waals surface area contributed by atoms with E-state index in [0.29, 0.717) is 12.1 Å². The molecule has 0 aromatic carbocycles. The topological polar surface area (TPSA) is 29.9 Å². The second-order valence-electron chi connectivity index (χ2n) is 4.45. The molecule has 2 rings (SSSR count). The molecule has 1 aromatic rings. The van der Waals surface area contributed by atoms with E-state index >= 15 is 0 Å². The Morgan fingerprint density at radius 2 is 2.14 bits per heavy atom. The Labute approximate surface area is 85.5 Å². The number of nitrogens with one attached hydrogen (secondary N) is 1. The average Bonchev–Trinajstić information content (AvgIpc) is 2.81. The summed E-state index contributed by atoms with van der Waals surface area (Å²) in [5, 5.41) is 3.57. The highest BCUT2D eigenvalue weighted by molar-refractivity contribution is 5.01. The fourth-order valence-electron chi connectivity index (χ4n) is 1.77. The molecule has 0 spiro atoms. The fourth-order valence-corrected chi connectivity index (χ4v) is 1.77. The molecular formula is C11H19N3.